The molecule has 7 nitrogen and oxygen atoms in total. The van der Waals surface area contributed by atoms with Gasteiger partial charge >= 0.3 is 5.97 Å². The van der Waals surface area contributed by atoms with Gasteiger partial charge in [0.05, 0.1) is 23.3 Å². The average Bonchev–Trinajstić information content (AvgIpc) is 3.09. The number of nitrogens with zero attached hydrogens (tertiary/aromatic N) is 2. The molecular weight excluding hydrogens is 366 g/mol. The predicted octanol–water partition coefficient (Wildman–Crippen LogP) is 3.06. The summed E-state index contributed by atoms with van der Waals surface area (Å²) >= 11 is 1.15. The Morgan fingerprint density at radius 1 is 1.26 bits per heavy atom. The SMILES string of the molecule is CC(C)OC(=O)c1ccc(NC(=O)CSC2=NC(=O)C3CCCC3=N2)cc1. The molecule has 1 aliphatic carbocycles. The number of esters is 1. The molecule has 1 fully saturated rings. The van der Waals surface area contributed by atoms with Gasteiger partial charge in [-0.25, -0.2) is 9.79 Å². The maximum atomic E-state index is 12.1. The first-order valence-electron chi connectivity index (χ1n) is 8.86. The number of nitrogens with one attached hydrogen (secondary N) is 1. The Morgan fingerprint density at radius 3 is 2.70 bits per heavy atom. The Kier molecular flexibility index (Phi) is 6.05. The van der Waals surface area contributed by atoms with Crippen LogP contribution in [0.2, 0.25) is 0 Å². The Bertz CT molecular complexity index is 815. The fourth-order valence-corrected chi connectivity index (χ4v) is 3.58. The molecule has 3 rings (SSSR count). The van der Waals surface area contributed by atoms with Gasteiger partial charge in [-0.1, -0.05) is 11.8 Å². The van der Waals surface area contributed by atoms with E-state index in [-0.39, 0.29) is 29.6 Å². The summed E-state index contributed by atoms with van der Waals surface area (Å²) in [6.07, 6.45) is 2.42. The lowest BCUT2D eigenvalue weighted by Gasteiger charge is -2.13. The maximum Gasteiger partial charge on any atom is 0.338 e. The van der Waals surface area contributed by atoms with E-state index in [0.29, 0.717) is 16.4 Å². The van der Waals surface area contributed by atoms with Crippen molar-refractivity contribution in [3.05, 3.63) is 29.8 Å². The topological polar surface area (TPSA) is 97.2 Å². The smallest absolute Gasteiger partial charge is 0.338 e. The van der Waals surface area contributed by atoms with E-state index < -0.39 is 5.97 Å². The van der Waals surface area contributed by atoms with Crippen LogP contribution >= 0.6 is 11.8 Å². The number of amides is 2. The number of benzene rings is 1. The summed E-state index contributed by atoms with van der Waals surface area (Å²) in [5.74, 6) is -0.831. The summed E-state index contributed by atoms with van der Waals surface area (Å²) in [5.41, 5.74) is 1.89. The second-order valence-electron chi connectivity index (χ2n) is 6.65. The summed E-state index contributed by atoms with van der Waals surface area (Å²) < 4.78 is 5.12. The molecule has 1 aliphatic heterocycles. The number of aliphatic imine (C=N–C) groups is 2. The van der Waals surface area contributed by atoms with Crippen molar-refractivity contribution in [1.82, 2.24) is 0 Å². The van der Waals surface area contributed by atoms with Gasteiger partial charge in [-0.2, -0.15) is 4.99 Å². The van der Waals surface area contributed by atoms with Crippen molar-refractivity contribution < 1.29 is 19.1 Å². The van der Waals surface area contributed by atoms with Crippen molar-refractivity contribution in [1.29, 1.82) is 0 Å². The zero-order valence-electron chi connectivity index (χ0n) is 15.2. The molecule has 2 amide bonds. The minimum Gasteiger partial charge on any atom is -0.459 e. The van der Waals surface area contributed by atoms with Crippen LogP contribution in [0.25, 0.3) is 0 Å². The molecule has 1 heterocycles. The number of hydrogen-bond acceptors (Lipinski definition) is 6. The highest BCUT2D eigenvalue weighted by molar-refractivity contribution is 8.14. The minimum atomic E-state index is -0.400. The monoisotopic (exact) mass is 387 g/mol. The minimum absolute atomic E-state index is 0.102. The van der Waals surface area contributed by atoms with E-state index in [0.717, 1.165) is 36.7 Å². The Hall–Kier alpha value is -2.48. The Balaban J connectivity index is 1.51. The van der Waals surface area contributed by atoms with Gasteiger partial charge < -0.3 is 10.1 Å². The summed E-state index contributed by atoms with van der Waals surface area (Å²) in [5, 5.41) is 3.10. The van der Waals surface area contributed by atoms with Gasteiger partial charge in [0.15, 0.2) is 5.17 Å². The molecule has 1 atom stereocenters. The van der Waals surface area contributed by atoms with Gasteiger partial charge in [-0.05, 0) is 57.4 Å². The lowest BCUT2D eigenvalue weighted by Crippen LogP contribution is -2.24. The molecule has 1 unspecified atom stereocenters. The van der Waals surface area contributed by atoms with Gasteiger partial charge in [0.25, 0.3) is 5.91 Å². The molecule has 0 bridgehead atoms. The van der Waals surface area contributed by atoms with E-state index in [4.69, 9.17) is 4.74 Å². The summed E-state index contributed by atoms with van der Waals surface area (Å²) in [6, 6.07) is 6.49. The van der Waals surface area contributed by atoms with Crippen LogP contribution in [0.1, 0.15) is 43.5 Å². The molecule has 27 heavy (non-hydrogen) atoms. The van der Waals surface area contributed by atoms with E-state index in [1.807, 2.05) is 0 Å². The molecule has 1 aromatic rings. The number of anilines is 1. The largest absolute Gasteiger partial charge is 0.459 e. The normalized spacial score (nSPS) is 18.6. The highest BCUT2D eigenvalue weighted by Gasteiger charge is 2.32. The van der Waals surface area contributed by atoms with E-state index in [2.05, 4.69) is 15.3 Å². The Morgan fingerprint density at radius 2 is 2.00 bits per heavy atom. The van der Waals surface area contributed by atoms with Crippen LogP contribution in [0.15, 0.2) is 34.3 Å². The first-order valence-corrected chi connectivity index (χ1v) is 9.84. The summed E-state index contributed by atoms with van der Waals surface area (Å²) in [7, 11) is 0. The summed E-state index contributed by atoms with van der Waals surface area (Å²) in [4.78, 5) is 44.3. The van der Waals surface area contributed by atoms with Crippen LogP contribution in [-0.2, 0) is 14.3 Å². The molecule has 0 spiro atoms. The van der Waals surface area contributed by atoms with Gasteiger partial charge in [-0.3, -0.25) is 9.59 Å². The van der Waals surface area contributed by atoms with E-state index in [1.165, 1.54) is 0 Å². The van der Waals surface area contributed by atoms with Gasteiger partial charge in [0.2, 0.25) is 5.91 Å². The lowest BCUT2D eigenvalue weighted by molar-refractivity contribution is -0.119. The molecule has 0 saturated heterocycles. The number of ether oxygens (including phenoxy) is 1. The second-order valence-corrected chi connectivity index (χ2v) is 7.59. The van der Waals surface area contributed by atoms with Crippen molar-refractivity contribution in [2.45, 2.75) is 39.2 Å². The maximum absolute atomic E-state index is 12.1. The number of rotatable bonds is 5. The van der Waals surface area contributed by atoms with Crippen molar-refractivity contribution in [3.63, 3.8) is 0 Å². The van der Waals surface area contributed by atoms with Crippen LogP contribution in [0.5, 0.6) is 0 Å². The Labute approximate surface area is 161 Å². The average molecular weight is 387 g/mol. The van der Waals surface area contributed by atoms with Crippen LogP contribution in [0, 0.1) is 5.92 Å². The third-order valence-electron chi connectivity index (χ3n) is 4.15. The second kappa shape index (κ2) is 8.47. The molecule has 0 radical (unpaired) electrons. The molecule has 8 heteroatoms. The number of amidine groups is 1. The zero-order valence-corrected chi connectivity index (χ0v) is 16.0. The third-order valence-corrected chi connectivity index (χ3v) is 5.00. The van der Waals surface area contributed by atoms with E-state index in [9.17, 15) is 14.4 Å². The molecular formula is C19H21N3O4S. The van der Waals surface area contributed by atoms with Gasteiger partial charge in [-0.15, -0.1) is 0 Å². The predicted molar refractivity (Wildman–Crippen MR) is 105 cm³/mol. The quantitative estimate of drug-likeness (QED) is 0.783. The van der Waals surface area contributed by atoms with Crippen LogP contribution in [-0.4, -0.2) is 40.5 Å². The fraction of sp³-hybridized carbons (Fsp3) is 0.421. The van der Waals surface area contributed by atoms with Crippen molar-refractivity contribution in [2.24, 2.45) is 15.9 Å². The number of fused-ring (bicyclic) bond motifs is 1. The van der Waals surface area contributed by atoms with Crippen molar-refractivity contribution in [2.75, 3.05) is 11.1 Å². The molecule has 2 aliphatic rings. The third kappa shape index (κ3) is 5.03. The van der Waals surface area contributed by atoms with Crippen molar-refractivity contribution >= 4 is 46.1 Å². The first kappa shape index (κ1) is 19.3. The van der Waals surface area contributed by atoms with Gasteiger partial charge in [0, 0.05) is 11.4 Å². The lowest BCUT2D eigenvalue weighted by atomic mass is 10.1. The summed E-state index contributed by atoms with van der Waals surface area (Å²) in [6.45, 7) is 3.57. The van der Waals surface area contributed by atoms with Crippen molar-refractivity contribution in [3.8, 4) is 0 Å². The molecule has 1 saturated carbocycles. The van der Waals surface area contributed by atoms with E-state index >= 15 is 0 Å². The number of thioether (sulfide) groups is 1. The number of carbonyl (C=O) groups excluding carboxylic acids is 3. The zero-order chi connectivity index (χ0) is 19.4. The van der Waals surface area contributed by atoms with Crippen LogP contribution < -0.4 is 5.32 Å². The highest BCUT2D eigenvalue weighted by atomic mass is 32.2. The highest BCUT2D eigenvalue weighted by Crippen LogP contribution is 2.28. The number of carbonyl (C=O) groups is 3. The first-order chi connectivity index (χ1) is 12.9. The van der Waals surface area contributed by atoms with E-state index in [1.54, 1.807) is 38.1 Å². The van der Waals surface area contributed by atoms with Crippen LogP contribution in [0.4, 0.5) is 5.69 Å². The standard InChI is InChI=1S/C19H21N3O4S/c1-11(2)26-18(25)12-6-8-13(9-7-12)20-16(23)10-27-19-21-15-5-3-4-14(15)17(24)22-19/h6-9,11,14H,3-5,10H2,1-2H3,(H,20,23). The van der Waals surface area contributed by atoms with Gasteiger partial charge in [0.1, 0.15) is 0 Å². The number of hydrogen-bond donors (Lipinski definition) is 1. The fourth-order valence-electron chi connectivity index (χ4n) is 2.91. The molecule has 142 valence electrons. The van der Waals surface area contributed by atoms with Crippen LogP contribution in [0.3, 0.4) is 0 Å². The molecule has 0 aromatic heterocycles. The molecule has 1 N–H and O–H groups in total. The molecule has 1 aromatic carbocycles.